The first-order valence-electron chi connectivity index (χ1n) is 10.1. The van der Waals surface area contributed by atoms with Gasteiger partial charge in [-0.1, -0.05) is 58.9 Å². The van der Waals surface area contributed by atoms with Crippen molar-refractivity contribution in [2.75, 3.05) is 14.2 Å². The van der Waals surface area contributed by atoms with Gasteiger partial charge in [-0.05, 0) is 49.1 Å². The second-order valence-electron chi connectivity index (χ2n) is 7.39. The van der Waals surface area contributed by atoms with E-state index in [-0.39, 0.29) is 5.92 Å². The minimum absolute atomic E-state index is 0.0695. The molecule has 6 heteroatoms. The molecule has 0 saturated heterocycles. The summed E-state index contributed by atoms with van der Waals surface area (Å²) in [5.74, 6) is 0.954. The lowest BCUT2D eigenvalue weighted by molar-refractivity contribution is -0.113. The maximum atomic E-state index is 12.2. The number of aliphatic hydroxyl groups excluding tert-OH is 1. The van der Waals surface area contributed by atoms with Crippen molar-refractivity contribution in [1.29, 1.82) is 0 Å². The van der Waals surface area contributed by atoms with Crippen LogP contribution in [-0.4, -0.2) is 29.4 Å². The summed E-state index contributed by atoms with van der Waals surface area (Å²) < 4.78 is 13.2. The van der Waals surface area contributed by atoms with Crippen LogP contribution in [0.25, 0.3) is 0 Å². The summed E-state index contributed by atoms with van der Waals surface area (Å²) in [6.45, 7) is 5.87. The first-order chi connectivity index (χ1) is 15.0. The number of fused-ring (bicyclic) bond motifs is 3. The summed E-state index contributed by atoms with van der Waals surface area (Å²) in [6.07, 6.45) is 10.8. The number of halogens is 1. The van der Waals surface area contributed by atoms with E-state index in [0.717, 1.165) is 29.1 Å². The Morgan fingerprint density at radius 2 is 2.00 bits per heavy atom. The lowest BCUT2D eigenvalue weighted by Crippen LogP contribution is -2.49. The molecule has 3 unspecified atom stereocenters. The SMILES string of the molecule is C=C/C=C(\C=C/C)C1CCC2(O)c3c(ccnc3OC)OC12c1ccc(Br)cc1.CO. The quantitative estimate of drug-likeness (QED) is 0.580. The third-order valence-corrected chi connectivity index (χ3v) is 6.53. The van der Waals surface area contributed by atoms with E-state index >= 15 is 0 Å². The van der Waals surface area contributed by atoms with E-state index in [0.29, 0.717) is 23.6 Å². The van der Waals surface area contributed by atoms with Crippen molar-refractivity contribution < 1.29 is 19.7 Å². The van der Waals surface area contributed by atoms with Crippen LogP contribution in [-0.2, 0) is 11.2 Å². The van der Waals surface area contributed by atoms with E-state index in [1.807, 2.05) is 43.3 Å². The van der Waals surface area contributed by atoms with E-state index in [1.165, 1.54) is 0 Å². The maximum Gasteiger partial charge on any atom is 0.223 e. The van der Waals surface area contributed by atoms with Crippen LogP contribution in [0.15, 0.2) is 77.5 Å². The number of nitrogens with zero attached hydrogens (tertiary/aromatic N) is 1. The fourth-order valence-corrected chi connectivity index (χ4v) is 5.20. The molecule has 1 aromatic heterocycles. The smallest absolute Gasteiger partial charge is 0.223 e. The second kappa shape index (κ2) is 9.39. The number of rotatable bonds is 5. The largest absolute Gasteiger partial charge is 0.481 e. The van der Waals surface area contributed by atoms with Gasteiger partial charge in [-0.2, -0.15) is 0 Å². The summed E-state index contributed by atoms with van der Waals surface area (Å²) in [5, 5.41) is 19.2. The number of pyridine rings is 1. The molecule has 4 rings (SSSR count). The molecule has 2 aromatic rings. The molecule has 1 fully saturated rings. The highest BCUT2D eigenvalue weighted by molar-refractivity contribution is 9.10. The molecule has 0 radical (unpaired) electrons. The van der Waals surface area contributed by atoms with Gasteiger partial charge < -0.3 is 19.7 Å². The molecule has 0 spiro atoms. The van der Waals surface area contributed by atoms with Gasteiger partial charge >= 0.3 is 0 Å². The monoisotopic (exact) mass is 485 g/mol. The highest BCUT2D eigenvalue weighted by Gasteiger charge is 2.69. The summed E-state index contributed by atoms with van der Waals surface area (Å²) in [5.41, 5.74) is 0.374. The van der Waals surface area contributed by atoms with Crippen molar-refractivity contribution in [1.82, 2.24) is 4.98 Å². The van der Waals surface area contributed by atoms with Gasteiger partial charge in [-0.15, -0.1) is 0 Å². The number of methoxy groups -OCH3 is 1. The Morgan fingerprint density at radius 3 is 2.61 bits per heavy atom. The molecule has 31 heavy (non-hydrogen) atoms. The van der Waals surface area contributed by atoms with Crippen LogP contribution in [0, 0.1) is 5.92 Å². The van der Waals surface area contributed by atoms with E-state index in [1.54, 1.807) is 25.4 Å². The molecule has 2 N–H and O–H groups in total. The highest BCUT2D eigenvalue weighted by Crippen LogP contribution is 2.66. The lowest BCUT2D eigenvalue weighted by Gasteiger charge is -2.40. The van der Waals surface area contributed by atoms with Gasteiger partial charge in [-0.3, -0.25) is 0 Å². The summed E-state index contributed by atoms with van der Waals surface area (Å²) in [7, 11) is 2.57. The summed E-state index contributed by atoms with van der Waals surface area (Å²) >= 11 is 3.51. The Bertz CT molecular complexity index is 1000. The zero-order valence-electron chi connectivity index (χ0n) is 18.0. The van der Waals surface area contributed by atoms with E-state index in [9.17, 15) is 5.11 Å². The Hall–Kier alpha value is -2.41. The van der Waals surface area contributed by atoms with Crippen LogP contribution >= 0.6 is 15.9 Å². The fourth-order valence-electron chi connectivity index (χ4n) is 4.93. The first kappa shape index (κ1) is 23.3. The maximum absolute atomic E-state index is 12.2. The lowest BCUT2D eigenvalue weighted by atomic mass is 9.71. The van der Waals surface area contributed by atoms with Crippen molar-refractivity contribution in [3.8, 4) is 11.6 Å². The van der Waals surface area contributed by atoms with Gasteiger partial charge in [0.2, 0.25) is 5.88 Å². The number of aliphatic hydroxyl groups is 2. The predicted octanol–water partition coefficient (Wildman–Crippen LogP) is 5.04. The molecule has 1 aliphatic heterocycles. The highest BCUT2D eigenvalue weighted by atomic mass is 79.9. The number of hydrogen-bond donors (Lipinski definition) is 2. The molecular weight excluding hydrogens is 458 g/mol. The molecule has 2 heterocycles. The zero-order valence-corrected chi connectivity index (χ0v) is 19.6. The van der Waals surface area contributed by atoms with Crippen molar-refractivity contribution in [3.05, 3.63) is 88.6 Å². The second-order valence-corrected chi connectivity index (χ2v) is 8.31. The van der Waals surface area contributed by atoms with Gasteiger partial charge in [0.05, 0.1) is 12.7 Å². The number of allylic oxidation sites excluding steroid dienone is 4. The summed E-state index contributed by atoms with van der Waals surface area (Å²) in [6, 6.07) is 9.79. The molecule has 3 atom stereocenters. The van der Waals surface area contributed by atoms with Crippen molar-refractivity contribution >= 4 is 15.9 Å². The van der Waals surface area contributed by atoms with Gasteiger partial charge in [0, 0.05) is 23.7 Å². The number of aromatic nitrogens is 1. The fraction of sp³-hybridized carbons (Fsp3) is 0.320. The molecule has 0 bridgehead atoms. The van der Waals surface area contributed by atoms with Gasteiger partial charge in [0.25, 0.3) is 0 Å². The summed E-state index contributed by atoms with van der Waals surface area (Å²) in [4.78, 5) is 4.34. The van der Waals surface area contributed by atoms with E-state index in [2.05, 4.69) is 33.6 Å². The van der Waals surface area contributed by atoms with Crippen molar-refractivity contribution in [2.24, 2.45) is 5.92 Å². The standard InChI is InChI=1S/C24H24BrNO3.CH4O/c1-4-6-16(7-5-2)19-12-14-23(27)21-20(13-15-26-22(21)28-3)29-24(19,23)17-8-10-18(25)11-9-17;1-2/h4-11,13,15,19,27H,1,12,14H2,2-3H3;2H,1H3/b7-5-,16-6+;. The first-order valence-corrected chi connectivity index (χ1v) is 10.9. The molecule has 1 aliphatic carbocycles. The number of hydrogen-bond acceptors (Lipinski definition) is 5. The van der Waals surface area contributed by atoms with Gasteiger partial charge in [-0.25, -0.2) is 4.98 Å². The van der Waals surface area contributed by atoms with Crippen LogP contribution in [0.4, 0.5) is 0 Å². The van der Waals surface area contributed by atoms with Crippen LogP contribution in [0.5, 0.6) is 11.6 Å². The van der Waals surface area contributed by atoms with Crippen LogP contribution in [0.3, 0.4) is 0 Å². The minimum Gasteiger partial charge on any atom is -0.481 e. The van der Waals surface area contributed by atoms with Crippen LogP contribution in [0.1, 0.15) is 30.9 Å². The predicted molar refractivity (Wildman–Crippen MR) is 125 cm³/mol. The Kier molecular flexibility index (Phi) is 7.04. The van der Waals surface area contributed by atoms with E-state index < -0.39 is 11.2 Å². The number of benzene rings is 1. The van der Waals surface area contributed by atoms with E-state index in [4.69, 9.17) is 14.6 Å². The molecule has 1 aromatic carbocycles. The Labute approximate surface area is 191 Å². The van der Waals surface area contributed by atoms with Gasteiger partial charge in [0.15, 0.2) is 5.60 Å². The Balaban J connectivity index is 0.00000132. The average Bonchev–Trinajstić information content (AvgIpc) is 3.22. The minimum atomic E-state index is -1.26. The molecule has 0 amide bonds. The molecular formula is C25H28BrNO4. The molecule has 164 valence electrons. The molecule has 5 nitrogen and oxygen atoms in total. The van der Waals surface area contributed by atoms with Gasteiger partial charge in [0.1, 0.15) is 11.4 Å². The zero-order chi connectivity index (χ0) is 22.6. The van der Waals surface area contributed by atoms with Crippen molar-refractivity contribution in [2.45, 2.75) is 31.0 Å². The average molecular weight is 486 g/mol. The normalized spacial score (nSPS) is 26.5. The molecule has 1 saturated carbocycles. The van der Waals surface area contributed by atoms with Crippen molar-refractivity contribution in [3.63, 3.8) is 0 Å². The molecule has 2 aliphatic rings. The topological polar surface area (TPSA) is 71.8 Å². The number of ether oxygens (including phenoxy) is 2. The third-order valence-electron chi connectivity index (χ3n) is 6.00. The Morgan fingerprint density at radius 1 is 1.29 bits per heavy atom. The van der Waals surface area contributed by atoms with Crippen LogP contribution < -0.4 is 9.47 Å². The third kappa shape index (κ3) is 3.53. The van der Waals surface area contributed by atoms with Crippen LogP contribution in [0.2, 0.25) is 0 Å².